The van der Waals surface area contributed by atoms with E-state index in [-0.39, 0.29) is 34.9 Å². The van der Waals surface area contributed by atoms with Crippen molar-refractivity contribution in [2.24, 2.45) is 0 Å². The van der Waals surface area contributed by atoms with Crippen LogP contribution in [0.3, 0.4) is 0 Å². The zero-order valence-corrected chi connectivity index (χ0v) is 15.6. The van der Waals surface area contributed by atoms with Gasteiger partial charge in [0, 0.05) is 18.7 Å². The van der Waals surface area contributed by atoms with Crippen molar-refractivity contribution >= 4 is 40.7 Å². The summed E-state index contributed by atoms with van der Waals surface area (Å²) in [4.78, 5) is 37.5. The number of carbonyl (C=O) groups excluding carboxylic acids is 3. The lowest BCUT2D eigenvalue weighted by Crippen LogP contribution is -2.38. The van der Waals surface area contributed by atoms with E-state index < -0.39 is 29.5 Å². The first-order valence-corrected chi connectivity index (χ1v) is 8.81. The molecule has 1 heterocycles. The highest BCUT2D eigenvalue weighted by Gasteiger charge is 2.35. The maximum absolute atomic E-state index is 12.7. The van der Waals surface area contributed by atoms with E-state index in [9.17, 15) is 27.6 Å². The second-order valence-corrected chi connectivity index (χ2v) is 6.55. The summed E-state index contributed by atoms with van der Waals surface area (Å²) < 4.78 is 38.2. The molecule has 0 radical (unpaired) electrons. The minimum atomic E-state index is -4.51. The second kappa shape index (κ2) is 8.00. The molecule has 2 aromatic rings. The molecule has 1 aliphatic heterocycles. The van der Waals surface area contributed by atoms with E-state index in [0.717, 1.165) is 17.0 Å². The molecule has 0 atom stereocenters. The van der Waals surface area contributed by atoms with E-state index in [1.165, 1.54) is 24.3 Å². The predicted octanol–water partition coefficient (Wildman–Crippen LogP) is 3.20. The fourth-order valence-corrected chi connectivity index (χ4v) is 3.01. The fourth-order valence-electron chi connectivity index (χ4n) is 2.78. The number of nitrogens with one attached hydrogen (secondary N) is 2. The number of thiocarbonyl (C=S) groups is 1. The zero-order valence-electron chi connectivity index (χ0n) is 14.7. The largest absolute Gasteiger partial charge is 0.416 e. The van der Waals surface area contributed by atoms with Gasteiger partial charge in [-0.25, -0.2) is 0 Å². The maximum atomic E-state index is 12.7. The van der Waals surface area contributed by atoms with E-state index in [0.29, 0.717) is 0 Å². The Balaban J connectivity index is 1.53. The highest BCUT2D eigenvalue weighted by atomic mass is 32.1. The number of hydrogen-bond acceptors (Lipinski definition) is 4. The summed E-state index contributed by atoms with van der Waals surface area (Å²) in [6.07, 6.45) is -4.72. The van der Waals surface area contributed by atoms with Gasteiger partial charge in [0.2, 0.25) is 5.91 Å². The van der Waals surface area contributed by atoms with Crippen molar-refractivity contribution in [1.82, 2.24) is 10.2 Å². The van der Waals surface area contributed by atoms with Gasteiger partial charge in [0.15, 0.2) is 5.11 Å². The first-order chi connectivity index (χ1) is 13.7. The van der Waals surface area contributed by atoms with Crippen LogP contribution in [-0.2, 0) is 11.0 Å². The molecule has 2 N–H and O–H groups in total. The summed E-state index contributed by atoms with van der Waals surface area (Å²) in [5.41, 5.74) is -0.244. The standard InChI is InChI=1S/C19H14F3N3O3S/c20-19(21,22)11-4-3-5-12(10-11)23-18(29)24-15(26)8-9-25-16(27)13-6-1-2-7-14(13)17(25)28/h1-7,10H,8-9H2,(H2,23,24,26,29). The molecule has 150 valence electrons. The Hall–Kier alpha value is -3.27. The average Bonchev–Trinajstić information content (AvgIpc) is 2.90. The van der Waals surface area contributed by atoms with Crippen LogP contribution in [-0.4, -0.2) is 34.3 Å². The smallest absolute Gasteiger partial charge is 0.332 e. The van der Waals surface area contributed by atoms with Crippen LogP contribution in [0, 0.1) is 0 Å². The molecule has 3 amide bonds. The molecule has 2 aromatic carbocycles. The van der Waals surface area contributed by atoms with Gasteiger partial charge in [0.25, 0.3) is 11.8 Å². The summed E-state index contributed by atoms with van der Waals surface area (Å²) in [5.74, 6) is -1.56. The van der Waals surface area contributed by atoms with Gasteiger partial charge in [-0.3, -0.25) is 19.3 Å². The van der Waals surface area contributed by atoms with Crippen molar-refractivity contribution < 1.29 is 27.6 Å². The average molecular weight is 421 g/mol. The van der Waals surface area contributed by atoms with Gasteiger partial charge in [-0.15, -0.1) is 0 Å². The van der Waals surface area contributed by atoms with Gasteiger partial charge in [-0.2, -0.15) is 13.2 Å². The third-order valence-corrected chi connectivity index (χ3v) is 4.35. The lowest BCUT2D eigenvalue weighted by molar-refractivity contribution is -0.137. The number of nitrogens with zero attached hydrogens (tertiary/aromatic N) is 1. The van der Waals surface area contributed by atoms with E-state index in [1.54, 1.807) is 12.1 Å². The van der Waals surface area contributed by atoms with Gasteiger partial charge >= 0.3 is 6.18 Å². The number of hydrogen-bond donors (Lipinski definition) is 2. The number of benzene rings is 2. The molecule has 6 nitrogen and oxygen atoms in total. The Morgan fingerprint density at radius 3 is 2.21 bits per heavy atom. The van der Waals surface area contributed by atoms with Gasteiger partial charge in [-0.05, 0) is 42.5 Å². The second-order valence-electron chi connectivity index (χ2n) is 6.14. The molecule has 0 saturated carbocycles. The van der Waals surface area contributed by atoms with Crippen molar-refractivity contribution in [3.8, 4) is 0 Å². The Kier molecular flexibility index (Phi) is 5.64. The van der Waals surface area contributed by atoms with Crippen molar-refractivity contribution in [2.75, 3.05) is 11.9 Å². The highest BCUT2D eigenvalue weighted by molar-refractivity contribution is 7.80. The predicted molar refractivity (Wildman–Crippen MR) is 102 cm³/mol. The molecule has 29 heavy (non-hydrogen) atoms. The number of anilines is 1. The van der Waals surface area contributed by atoms with E-state index >= 15 is 0 Å². The van der Waals surface area contributed by atoms with Gasteiger partial charge in [0.1, 0.15) is 0 Å². The maximum Gasteiger partial charge on any atom is 0.416 e. The number of fused-ring (bicyclic) bond motifs is 1. The van der Waals surface area contributed by atoms with E-state index in [2.05, 4.69) is 10.6 Å². The molecule has 0 saturated heterocycles. The van der Waals surface area contributed by atoms with Crippen LogP contribution >= 0.6 is 12.2 Å². The van der Waals surface area contributed by atoms with Crippen LogP contribution < -0.4 is 10.6 Å². The zero-order chi connectivity index (χ0) is 21.2. The molecule has 0 bridgehead atoms. The first kappa shape index (κ1) is 20.5. The minimum absolute atomic E-state index is 0.0606. The van der Waals surface area contributed by atoms with E-state index in [4.69, 9.17) is 12.2 Å². The topological polar surface area (TPSA) is 78.5 Å². The Labute approximate surface area is 168 Å². The molecule has 10 heteroatoms. The Bertz CT molecular complexity index is 972. The number of imide groups is 1. The van der Waals surface area contributed by atoms with Crippen LogP contribution in [0.25, 0.3) is 0 Å². The lowest BCUT2D eigenvalue weighted by Gasteiger charge is -2.14. The van der Waals surface area contributed by atoms with E-state index in [1.807, 2.05) is 0 Å². The summed E-state index contributed by atoms with van der Waals surface area (Å²) in [6.45, 7) is -0.148. The fraction of sp³-hybridized carbons (Fsp3) is 0.158. The van der Waals surface area contributed by atoms with Crippen LogP contribution in [0.5, 0.6) is 0 Å². The molecule has 0 fully saturated rings. The summed E-state index contributed by atoms with van der Waals surface area (Å²) >= 11 is 4.93. The van der Waals surface area contributed by atoms with Crippen LogP contribution in [0.2, 0.25) is 0 Å². The summed E-state index contributed by atoms with van der Waals surface area (Å²) in [6, 6.07) is 10.7. The number of rotatable bonds is 4. The lowest BCUT2D eigenvalue weighted by atomic mass is 10.1. The van der Waals surface area contributed by atoms with Crippen LogP contribution in [0.15, 0.2) is 48.5 Å². The van der Waals surface area contributed by atoms with Crippen molar-refractivity contribution in [3.63, 3.8) is 0 Å². The molecule has 0 unspecified atom stereocenters. The monoisotopic (exact) mass is 421 g/mol. The van der Waals surface area contributed by atoms with Crippen molar-refractivity contribution in [2.45, 2.75) is 12.6 Å². The quantitative estimate of drug-likeness (QED) is 0.586. The number of carbonyl (C=O) groups is 3. The number of alkyl halides is 3. The normalized spacial score (nSPS) is 13.3. The molecular weight excluding hydrogens is 407 g/mol. The Morgan fingerprint density at radius 1 is 1.00 bits per heavy atom. The third kappa shape index (κ3) is 4.60. The summed E-state index contributed by atoms with van der Waals surface area (Å²) in [7, 11) is 0. The van der Waals surface area contributed by atoms with Crippen LogP contribution in [0.1, 0.15) is 32.7 Å². The molecule has 0 aliphatic carbocycles. The summed E-state index contributed by atoms with van der Waals surface area (Å²) in [5, 5.41) is 4.61. The SMILES string of the molecule is O=C(CCN1C(=O)c2ccccc2C1=O)NC(=S)Nc1cccc(C(F)(F)F)c1. The van der Waals surface area contributed by atoms with Crippen molar-refractivity contribution in [1.29, 1.82) is 0 Å². The molecular formula is C19H14F3N3O3S. The first-order valence-electron chi connectivity index (χ1n) is 8.40. The minimum Gasteiger partial charge on any atom is -0.332 e. The van der Waals surface area contributed by atoms with Crippen molar-refractivity contribution in [3.05, 3.63) is 65.2 Å². The molecule has 3 rings (SSSR count). The van der Waals surface area contributed by atoms with Gasteiger partial charge < -0.3 is 10.6 Å². The molecule has 0 spiro atoms. The number of amides is 3. The van der Waals surface area contributed by atoms with Crippen LogP contribution in [0.4, 0.5) is 18.9 Å². The third-order valence-electron chi connectivity index (χ3n) is 4.14. The van der Waals surface area contributed by atoms with Gasteiger partial charge in [-0.1, -0.05) is 18.2 Å². The molecule has 1 aliphatic rings. The highest BCUT2D eigenvalue weighted by Crippen LogP contribution is 2.30. The van der Waals surface area contributed by atoms with Gasteiger partial charge in [0.05, 0.1) is 16.7 Å². The Morgan fingerprint density at radius 2 is 1.62 bits per heavy atom. The molecule has 0 aromatic heterocycles. The number of halogens is 3.